The second-order valence-electron chi connectivity index (χ2n) is 6.58. The molecule has 2 aromatic heterocycles. The fraction of sp³-hybridized carbons (Fsp3) is 0.350. The number of pyridine rings is 1. The number of para-hydroxylation sites is 1. The van der Waals surface area contributed by atoms with E-state index in [1.165, 1.54) is 5.56 Å². The summed E-state index contributed by atoms with van der Waals surface area (Å²) >= 11 is 0. The third-order valence-corrected chi connectivity index (χ3v) is 4.69. The number of benzene rings is 1. The maximum atomic E-state index is 5.95. The number of nitrogens with zero attached hydrogens (tertiary/aromatic N) is 4. The number of rotatable bonds is 6. The predicted octanol–water partition coefficient (Wildman–Crippen LogP) is 1.83. The summed E-state index contributed by atoms with van der Waals surface area (Å²) in [5, 5.41) is 15.1. The number of guanidine groups is 1. The zero-order valence-electron chi connectivity index (χ0n) is 15.4. The quantitative estimate of drug-likeness (QED) is 0.396. The van der Waals surface area contributed by atoms with Crippen molar-refractivity contribution in [3.63, 3.8) is 0 Å². The van der Waals surface area contributed by atoms with E-state index in [2.05, 4.69) is 38.0 Å². The van der Waals surface area contributed by atoms with Crippen LogP contribution < -0.4 is 15.4 Å². The predicted molar refractivity (Wildman–Crippen MR) is 105 cm³/mol. The molecule has 2 N–H and O–H groups in total. The number of ether oxygens (including phenoxy) is 1. The molecule has 0 aliphatic carbocycles. The van der Waals surface area contributed by atoms with Gasteiger partial charge in [0.15, 0.2) is 11.6 Å². The van der Waals surface area contributed by atoms with E-state index in [1.807, 2.05) is 40.9 Å². The Morgan fingerprint density at radius 2 is 2.07 bits per heavy atom. The average molecular weight is 364 g/mol. The van der Waals surface area contributed by atoms with Crippen LogP contribution in [0, 0.1) is 0 Å². The van der Waals surface area contributed by atoms with Gasteiger partial charge < -0.3 is 15.4 Å². The van der Waals surface area contributed by atoms with Crippen LogP contribution in [-0.2, 0) is 12.8 Å². The summed E-state index contributed by atoms with van der Waals surface area (Å²) < 4.78 is 7.98. The van der Waals surface area contributed by atoms with Crippen molar-refractivity contribution in [2.45, 2.75) is 25.4 Å². The summed E-state index contributed by atoms with van der Waals surface area (Å²) in [6, 6.07) is 14.1. The van der Waals surface area contributed by atoms with Crippen LogP contribution in [0.3, 0.4) is 0 Å². The van der Waals surface area contributed by atoms with Gasteiger partial charge in [-0.3, -0.25) is 9.39 Å². The Balaban J connectivity index is 1.20. The van der Waals surface area contributed by atoms with Crippen molar-refractivity contribution in [2.24, 2.45) is 4.99 Å². The maximum absolute atomic E-state index is 5.95. The summed E-state index contributed by atoms with van der Waals surface area (Å²) in [5.41, 5.74) is 2.16. The maximum Gasteiger partial charge on any atom is 0.191 e. The summed E-state index contributed by atoms with van der Waals surface area (Å²) in [6.45, 7) is 1.54. The molecule has 1 atom stereocenters. The van der Waals surface area contributed by atoms with Crippen LogP contribution in [0.1, 0.15) is 17.8 Å². The molecule has 4 rings (SSSR count). The molecule has 7 heteroatoms. The second kappa shape index (κ2) is 8.07. The minimum absolute atomic E-state index is 0.142. The van der Waals surface area contributed by atoms with Crippen molar-refractivity contribution in [2.75, 3.05) is 20.1 Å². The summed E-state index contributed by atoms with van der Waals surface area (Å²) in [7, 11) is 1.78. The van der Waals surface area contributed by atoms with Gasteiger partial charge in [-0.1, -0.05) is 24.3 Å². The average Bonchev–Trinajstić information content (AvgIpc) is 3.31. The van der Waals surface area contributed by atoms with Gasteiger partial charge in [0.1, 0.15) is 17.7 Å². The van der Waals surface area contributed by atoms with E-state index >= 15 is 0 Å². The highest BCUT2D eigenvalue weighted by atomic mass is 16.5. The fourth-order valence-electron chi connectivity index (χ4n) is 3.31. The molecule has 3 heterocycles. The highest BCUT2D eigenvalue weighted by Crippen LogP contribution is 2.27. The molecule has 0 saturated carbocycles. The Morgan fingerprint density at radius 3 is 2.96 bits per heavy atom. The van der Waals surface area contributed by atoms with Crippen LogP contribution in [0.25, 0.3) is 5.65 Å². The van der Waals surface area contributed by atoms with Gasteiger partial charge in [0.2, 0.25) is 0 Å². The Hall–Kier alpha value is -3.09. The van der Waals surface area contributed by atoms with Crippen LogP contribution in [0.2, 0.25) is 0 Å². The molecule has 7 nitrogen and oxygen atoms in total. The Kier molecular flexibility index (Phi) is 5.18. The normalized spacial score (nSPS) is 16.2. The third kappa shape index (κ3) is 4.02. The molecule has 0 bridgehead atoms. The van der Waals surface area contributed by atoms with Crippen LogP contribution in [0.5, 0.6) is 5.75 Å². The van der Waals surface area contributed by atoms with Crippen molar-refractivity contribution >= 4 is 11.6 Å². The molecule has 0 amide bonds. The van der Waals surface area contributed by atoms with Gasteiger partial charge in [-0.2, -0.15) is 0 Å². The first-order valence-corrected chi connectivity index (χ1v) is 9.31. The van der Waals surface area contributed by atoms with E-state index in [-0.39, 0.29) is 6.10 Å². The van der Waals surface area contributed by atoms with Crippen molar-refractivity contribution < 1.29 is 4.74 Å². The van der Waals surface area contributed by atoms with Crippen molar-refractivity contribution in [3.8, 4) is 5.75 Å². The standard InChI is InChI=1S/C20H24N6O/c1-21-20(23-14-16-13-15-7-2-3-8-17(15)27-16)22-11-6-10-19-25-24-18-9-4-5-12-26(18)19/h2-5,7-9,12,16H,6,10-11,13-14H2,1H3,(H2,21,22,23). The number of aromatic nitrogens is 3. The second-order valence-corrected chi connectivity index (χ2v) is 6.58. The SMILES string of the molecule is CN=C(NCCCc1nnc2ccccn12)NCC1Cc2ccccc2O1. The molecule has 0 saturated heterocycles. The smallest absolute Gasteiger partial charge is 0.191 e. The molecule has 1 aliphatic heterocycles. The summed E-state index contributed by atoms with van der Waals surface area (Å²) in [5.74, 6) is 2.76. The molecule has 27 heavy (non-hydrogen) atoms. The van der Waals surface area contributed by atoms with E-state index in [4.69, 9.17) is 4.74 Å². The Labute approximate surface area is 158 Å². The molecule has 140 valence electrons. The number of hydrogen-bond donors (Lipinski definition) is 2. The lowest BCUT2D eigenvalue weighted by molar-refractivity contribution is 0.235. The minimum atomic E-state index is 0.142. The lowest BCUT2D eigenvalue weighted by Gasteiger charge is -2.15. The Morgan fingerprint density at radius 1 is 1.19 bits per heavy atom. The molecule has 1 aliphatic rings. The van der Waals surface area contributed by atoms with Crippen LogP contribution in [0.15, 0.2) is 53.7 Å². The molecule has 0 radical (unpaired) electrons. The van der Waals surface area contributed by atoms with Gasteiger partial charge in [-0.15, -0.1) is 10.2 Å². The first-order valence-electron chi connectivity index (χ1n) is 9.31. The van der Waals surface area contributed by atoms with Gasteiger partial charge in [-0.25, -0.2) is 0 Å². The third-order valence-electron chi connectivity index (χ3n) is 4.69. The lowest BCUT2D eigenvalue weighted by atomic mass is 10.1. The number of hydrogen-bond acceptors (Lipinski definition) is 4. The number of nitrogens with one attached hydrogen (secondary N) is 2. The van der Waals surface area contributed by atoms with E-state index in [1.54, 1.807) is 7.05 Å². The van der Waals surface area contributed by atoms with Crippen LogP contribution in [0.4, 0.5) is 0 Å². The zero-order chi connectivity index (χ0) is 18.5. The molecule has 1 aromatic carbocycles. The van der Waals surface area contributed by atoms with Crippen molar-refractivity contribution in [3.05, 3.63) is 60.0 Å². The molecule has 3 aromatic rings. The number of fused-ring (bicyclic) bond motifs is 2. The van der Waals surface area contributed by atoms with Crippen LogP contribution in [-0.4, -0.2) is 46.8 Å². The van der Waals surface area contributed by atoms with Crippen LogP contribution >= 0.6 is 0 Å². The van der Waals surface area contributed by atoms with E-state index < -0.39 is 0 Å². The summed E-state index contributed by atoms with van der Waals surface area (Å²) in [4.78, 5) is 4.29. The van der Waals surface area contributed by atoms with E-state index in [0.717, 1.165) is 55.5 Å². The van der Waals surface area contributed by atoms with Gasteiger partial charge in [-0.05, 0) is 30.2 Å². The highest BCUT2D eigenvalue weighted by Gasteiger charge is 2.22. The molecule has 0 fully saturated rings. The topological polar surface area (TPSA) is 75.8 Å². The lowest BCUT2D eigenvalue weighted by Crippen LogP contribution is -2.42. The first kappa shape index (κ1) is 17.3. The first-order chi connectivity index (χ1) is 13.3. The van der Waals surface area contributed by atoms with Gasteiger partial charge in [0.05, 0.1) is 6.54 Å². The molecule has 1 unspecified atom stereocenters. The molecular formula is C20H24N6O. The largest absolute Gasteiger partial charge is 0.488 e. The molecular weight excluding hydrogens is 340 g/mol. The number of aliphatic imine (C=N–C) groups is 1. The van der Waals surface area contributed by atoms with Gasteiger partial charge in [0, 0.05) is 32.6 Å². The van der Waals surface area contributed by atoms with Crippen molar-refractivity contribution in [1.29, 1.82) is 0 Å². The molecule has 0 spiro atoms. The van der Waals surface area contributed by atoms with Gasteiger partial charge >= 0.3 is 0 Å². The van der Waals surface area contributed by atoms with Gasteiger partial charge in [0.25, 0.3) is 0 Å². The number of aryl methyl sites for hydroxylation is 1. The van der Waals surface area contributed by atoms with E-state index in [9.17, 15) is 0 Å². The zero-order valence-corrected chi connectivity index (χ0v) is 15.4. The van der Waals surface area contributed by atoms with E-state index in [0.29, 0.717) is 0 Å². The van der Waals surface area contributed by atoms with Crippen molar-refractivity contribution in [1.82, 2.24) is 25.2 Å². The minimum Gasteiger partial charge on any atom is -0.488 e. The fourth-order valence-corrected chi connectivity index (χ4v) is 3.31. The highest BCUT2D eigenvalue weighted by molar-refractivity contribution is 5.79. The summed E-state index contributed by atoms with van der Waals surface area (Å²) in [6.07, 6.45) is 4.87. The Bertz CT molecular complexity index is 910. The monoisotopic (exact) mass is 364 g/mol.